The Morgan fingerprint density at radius 1 is 1.33 bits per heavy atom. The van der Waals surface area contributed by atoms with E-state index >= 15 is 0 Å². The zero-order valence-electron chi connectivity index (χ0n) is 11.1. The zero-order valence-corrected chi connectivity index (χ0v) is 11.1. The van der Waals surface area contributed by atoms with Crippen LogP contribution in [0.2, 0.25) is 0 Å². The third kappa shape index (κ3) is 4.70. The summed E-state index contributed by atoms with van der Waals surface area (Å²) in [6.45, 7) is 6.15. The molecule has 1 rings (SSSR count). The van der Waals surface area contributed by atoms with Gasteiger partial charge in [0.1, 0.15) is 5.82 Å². The molecule has 0 spiro atoms. The van der Waals surface area contributed by atoms with E-state index in [2.05, 4.69) is 0 Å². The van der Waals surface area contributed by atoms with E-state index in [0.717, 1.165) is 5.56 Å². The SMILES string of the molecule is CCOC(=O)C(=CC(C)C)Cc1ccc(F)cc1. The number of ether oxygens (including phenoxy) is 1. The molecule has 98 valence electrons. The van der Waals surface area contributed by atoms with E-state index in [0.29, 0.717) is 18.6 Å². The standard InChI is InChI=1S/C15H19FO2/c1-4-18-15(17)13(9-11(2)3)10-12-5-7-14(16)8-6-12/h5-9,11H,4,10H2,1-3H3. The van der Waals surface area contributed by atoms with Crippen LogP contribution in [-0.4, -0.2) is 12.6 Å². The Bertz CT molecular complexity index is 419. The molecule has 1 aromatic rings. The second-order valence-electron chi connectivity index (χ2n) is 4.46. The zero-order chi connectivity index (χ0) is 13.5. The lowest BCUT2D eigenvalue weighted by molar-refractivity contribution is -0.138. The van der Waals surface area contributed by atoms with Crippen molar-refractivity contribution >= 4 is 5.97 Å². The molecule has 0 aliphatic rings. The minimum absolute atomic E-state index is 0.268. The molecule has 0 saturated heterocycles. The molecule has 0 saturated carbocycles. The monoisotopic (exact) mass is 250 g/mol. The first-order valence-corrected chi connectivity index (χ1v) is 6.15. The fourth-order valence-electron chi connectivity index (χ4n) is 1.65. The molecule has 0 fully saturated rings. The van der Waals surface area contributed by atoms with Crippen molar-refractivity contribution in [1.82, 2.24) is 0 Å². The second kappa shape index (κ2) is 6.94. The number of carbonyl (C=O) groups excluding carboxylic acids is 1. The number of esters is 1. The highest BCUT2D eigenvalue weighted by Crippen LogP contribution is 2.13. The highest BCUT2D eigenvalue weighted by atomic mass is 19.1. The van der Waals surface area contributed by atoms with E-state index in [1.807, 2.05) is 19.9 Å². The maximum Gasteiger partial charge on any atom is 0.334 e. The lowest BCUT2D eigenvalue weighted by Crippen LogP contribution is -2.11. The van der Waals surface area contributed by atoms with E-state index in [1.165, 1.54) is 12.1 Å². The Balaban J connectivity index is 2.85. The summed E-state index contributed by atoms with van der Waals surface area (Å²) >= 11 is 0. The van der Waals surface area contributed by atoms with Crippen LogP contribution >= 0.6 is 0 Å². The van der Waals surface area contributed by atoms with Gasteiger partial charge in [0, 0.05) is 12.0 Å². The van der Waals surface area contributed by atoms with Crippen LogP contribution in [0.5, 0.6) is 0 Å². The molecule has 0 N–H and O–H groups in total. The van der Waals surface area contributed by atoms with Gasteiger partial charge in [-0.25, -0.2) is 9.18 Å². The summed E-state index contributed by atoms with van der Waals surface area (Å²) in [7, 11) is 0. The van der Waals surface area contributed by atoms with E-state index in [1.54, 1.807) is 19.1 Å². The van der Waals surface area contributed by atoms with Gasteiger partial charge in [-0.05, 0) is 30.5 Å². The second-order valence-corrected chi connectivity index (χ2v) is 4.46. The van der Waals surface area contributed by atoms with Crippen molar-refractivity contribution in [3.63, 3.8) is 0 Å². The number of halogens is 1. The summed E-state index contributed by atoms with van der Waals surface area (Å²) in [5.41, 5.74) is 1.52. The van der Waals surface area contributed by atoms with Gasteiger partial charge >= 0.3 is 5.97 Å². The van der Waals surface area contributed by atoms with Crippen molar-refractivity contribution in [3.8, 4) is 0 Å². The molecule has 0 aromatic heterocycles. The van der Waals surface area contributed by atoms with Gasteiger partial charge in [0.2, 0.25) is 0 Å². The van der Waals surface area contributed by atoms with Crippen LogP contribution in [0, 0.1) is 11.7 Å². The maximum absolute atomic E-state index is 12.8. The summed E-state index contributed by atoms with van der Waals surface area (Å²) in [5.74, 6) is -0.301. The first-order valence-electron chi connectivity index (χ1n) is 6.15. The quantitative estimate of drug-likeness (QED) is 0.590. The van der Waals surface area contributed by atoms with Crippen molar-refractivity contribution in [2.24, 2.45) is 5.92 Å². The molecule has 18 heavy (non-hydrogen) atoms. The van der Waals surface area contributed by atoms with Crippen LogP contribution < -0.4 is 0 Å². The number of carbonyl (C=O) groups is 1. The van der Waals surface area contributed by atoms with Gasteiger partial charge in [0.15, 0.2) is 0 Å². The van der Waals surface area contributed by atoms with E-state index in [9.17, 15) is 9.18 Å². The van der Waals surface area contributed by atoms with Crippen molar-refractivity contribution in [1.29, 1.82) is 0 Å². The molecule has 2 nitrogen and oxygen atoms in total. The molecule has 0 amide bonds. The number of benzene rings is 1. The fourth-order valence-corrected chi connectivity index (χ4v) is 1.65. The smallest absolute Gasteiger partial charge is 0.334 e. The summed E-state index contributed by atoms with van der Waals surface area (Å²) in [6.07, 6.45) is 2.36. The van der Waals surface area contributed by atoms with Gasteiger partial charge in [-0.2, -0.15) is 0 Å². The lowest BCUT2D eigenvalue weighted by atomic mass is 10.0. The summed E-state index contributed by atoms with van der Waals surface area (Å²) in [5, 5.41) is 0. The largest absolute Gasteiger partial charge is 0.463 e. The summed E-state index contributed by atoms with van der Waals surface area (Å²) < 4.78 is 17.8. The minimum Gasteiger partial charge on any atom is -0.463 e. The van der Waals surface area contributed by atoms with Crippen LogP contribution in [0.1, 0.15) is 26.3 Å². The van der Waals surface area contributed by atoms with Gasteiger partial charge in [-0.1, -0.05) is 32.1 Å². The average molecular weight is 250 g/mol. The highest BCUT2D eigenvalue weighted by molar-refractivity contribution is 5.89. The average Bonchev–Trinajstić information content (AvgIpc) is 2.31. The van der Waals surface area contributed by atoms with Gasteiger partial charge in [-0.15, -0.1) is 0 Å². The topological polar surface area (TPSA) is 26.3 Å². The Morgan fingerprint density at radius 2 is 1.94 bits per heavy atom. The molecule has 0 atom stereocenters. The molecule has 1 aromatic carbocycles. The molecule has 0 unspecified atom stereocenters. The third-order valence-electron chi connectivity index (χ3n) is 2.38. The highest BCUT2D eigenvalue weighted by Gasteiger charge is 2.12. The van der Waals surface area contributed by atoms with Crippen molar-refractivity contribution < 1.29 is 13.9 Å². The first kappa shape index (κ1) is 14.4. The minimum atomic E-state index is -0.296. The van der Waals surface area contributed by atoms with Crippen LogP contribution in [0.15, 0.2) is 35.9 Å². The van der Waals surface area contributed by atoms with Gasteiger partial charge in [-0.3, -0.25) is 0 Å². The van der Waals surface area contributed by atoms with E-state index in [-0.39, 0.29) is 17.7 Å². The normalized spacial score (nSPS) is 11.7. The Morgan fingerprint density at radius 3 is 2.44 bits per heavy atom. The van der Waals surface area contributed by atoms with Gasteiger partial charge < -0.3 is 4.74 Å². The van der Waals surface area contributed by atoms with Crippen molar-refractivity contribution in [2.45, 2.75) is 27.2 Å². The van der Waals surface area contributed by atoms with Crippen LogP contribution in [0.4, 0.5) is 4.39 Å². The van der Waals surface area contributed by atoms with E-state index in [4.69, 9.17) is 4.74 Å². The predicted molar refractivity (Wildman–Crippen MR) is 69.7 cm³/mol. The lowest BCUT2D eigenvalue weighted by Gasteiger charge is -2.09. The number of allylic oxidation sites excluding steroid dienone is 1. The Labute approximate surface area is 107 Å². The molecule has 0 bridgehead atoms. The number of hydrogen-bond donors (Lipinski definition) is 0. The van der Waals surface area contributed by atoms with Gasteiger partial charge in [0.05, 0.1) is 6.61 Å². The molecular weight excluding hydrogens is 231 g/mol. The molecular formula is C15H19FO2. The summed E-state index contributed by atoms with van der Waals surface area (Å²) in [6, 6.07) is 6.16. The molecule has 0 heterocycles. The van der Waals surface area contributed by atoms with Crippen molar-refractivity contribution in [3.05, 3.63) is 47.3 Å². The number of rotatable bonds is 5. The Kier molecular flexibility index (Phi) is 5.56. The predicted octanol–water partition coefficient (Wildman–Crippen LogP) is 3.51. The van der Waals surface area contributed by atoms with Crippen LogP contribution in [-0.2, 0) is 16.0 Å². The molecule has 0 aliphatic heterocycles. The molecule has 3 heteroatoms. The van der Waals surface area contributed by atoms with Gasteiger partial charge in [0.25, 0.3) is 0 Å². The van der Waals surface area contributed by atoms with Crippen molar-refractivity contribution in [2.75, 3.05) is 6.61 Å². The maximum atomic E-state index is 12.8. The molecule has 0 aliphatic carbocycles. The van der Waals surface area contributed by atoms with Crippen LogP contribution in [0.3, 0.4) is 0 Å². The molecule has 0 radical (unpaired) electrons. The Hall–Kier alpha value is -1.64. The fraction of sp³-hybridized carbons (Fsp3) is 0.400. The third-order valence-corrected chi connectivity index (χ3v) is 2.38. The first-order chi connectivity index (χ1) is 8.52. The van der Waals surface area contributed by atoms with E-state index < -0.39 is 0 Å². The number of hydrogen-bond acceptors (Lipinski definition) is 2. The van der Waals surface area contributed by atoms with Crippen LogP contribution in [0.25, 0.3) is 0 Å². The summed E-state index contributed by atoms with van der Waals surface area (Å²) in [4.78, 5) is 11.8.